The second-order valence-corrected chi connectivity index (χ2v) is 3.29. The number of methoxy groups -OCH3 is 1. The van der Waals surface area contributed by atoms with Crippen LogP contribution in [0.4, 0.5) is 5.95 Å². The van der Waals surface area contributed by atoms with Crippen LogP contribution >= 0.6 is 15.9 Å². The Hall–Kier alpha value is -1.30. The Bertz CT molecular complexity index is 453. The highest BCUT2D eigenvalue weighted by Gasteiger charge is 2.09. The van der Waals surface area contributed by atoms with Gasteiger partial charge in [0.05, 0.1) is 11.6 Å². The van der Waals surface area contributed by atoms with Crippen molar-refractivity contribution in [2.75, 3.05) is 12.8 Å². The van der Waals surface area contributed by atoms with Gasteiger partial charge < -0.3 is 10.5 Å². The summed E-state index contributed by atoms with van der Waals surface area (Å²) in [4.78, 5) is 4.02. The van der Waals surface area contributed by atoms with E-state index in [1.807, 2.05) is 6.07 Å². The maximum absolute atomic E-state index is 5.45. The standard InChI is InChI=1S/C7H7BrN4O/c1-13-5-4(8)2-3-12-6(5)10-7(9)11-12/h2-3H,1H3,(H2,9,11). The van der Waals surface area contributed by atoms with E-state index in [4.69, 9.17) is 10.5 Å². The summed E-state index contributed by atoms with van der Waals surface area (Å²) in [5.74, 6) is 0.864. The first-order valence-corrected chi connectivity index (χ1v) is 4.36. The minimum atomic E-state index is 0.233. The molecule has 2 N–H and O–H groups in total. The van der Waals surface area contributed by atoms with Gasteiger partial charge in [-0.05, 0) is 22.0 Å². The number of halogens is 1. The SMILES string of the molecule is COc1c(Br)ccn2nc(N)nc12. The van der Waals surface area contributed by atoms with E-state index in [1.54, 1.807) is 17.8 Å². The van der Waals surface area contributed by atoms with Crippen LogP contribution in [0, 0.1) is 0 Å². The lowest BCUT2D eigenvalue weighted by atomic mass is 10.4. The molecule has 2 aromatic rings. The van der Waals surface area contributed by atoms with E-state index in [1.165, 1.54) is 0 Å². The van der Waals surface area contributed by atoms with Crippen molar-refractivity contribution < 1.29 is 4.74 Å². The lowest BCUT2D eigenvalue weighted by Gasteiger charge is -2.02. The van der Waals surface area contributed by atoms with Crippen LogP contribution in [0.1, 0.15) is 0 Å². The van der Waals surface area contributed by atoms with Crippen LogP contribution in [0.25, 0.3) is 5.65 Å². The van der Waals surface area contributed by atoms with E-state index in [2.05, 4.69) is 26.0 Å². The van der Waals surface area contributed by atoms with E-state index < -0.39 is 0 Å². The summed E-state index contributed by atoms with van der Waals surface area (Å²) in [6, 6.07) is 1.82. The van der Waals surface area contributed by atoms with Crippen molar-refractivity contribution >= 4 is 27.5 Å². The molecule has 0 saturated carbocycles. The zero-order valence-electron chi connectivity index (χ0n) is 6.86. The number of hydrogen-bond acceptors (Lipinski definition) is 4. The van der Waals surface area contributed by atoms with Crippen LogP contribution in [-0.2, 0) is 0 Å². The monoisotopic (exact) mass is 242 g/mol. The van der Waals surface area contributed by atoms with Gasteiger partial charge in [-0.2, -0.15) is 4.98 Å². The van der Waals surface area contributed by atoms with Crippen molar-refractivity contribution in [3.8, 4) is 5.75 Å². The van der Waals surface area contributed by atoms with Crippen molar-refractivity contribution in [3.05, 3.63) is 16.7 Å². The van der Waals surface area contributed by atoms with E-state index in [-0.39, 0.29) is 5.95 Å². The molecule has 0 aliphatic rings. The van der Waals surface area contributed by atoms with Gasteiger partial charge in [0.25, 0.3) is 0 Å². The Balaban J connectivity index is 2.82. The maximum atomic E-state index is 5.45. The Morgan fingerprint density at radius 1 is 1.62 bits per heavy atom. The molecule has 0 bridgehead atoms. The molecule has 0 saturated heterocycles. The van der Waals surface area contributed by atoms with Gasteiger partial charge in [-0.25, -0.2) is 4.52 Å². The van der Waals surface area contributed by atoms with Gasteiger partial charge in [0.1, 0.15) is 0 Å². The fraction of sp³-hybridized carbons (Fsp3) is 0.143. The number of ether oxygens (including phenoxy) is 1. The Morgan fingerprint density at radius 2 is 2.38 bits per heavy atom. The summed E-state index contributed by atoms with van der Waals surface area (Å²) in [5.41, 5.74) is 6.06. The summed E-state index contributed by atoms with van der Waals surface area (Å²) in [6.45, 7) is 0. The first kappa shape index (κ1) is 8.31. The second-order valence-electron chi connectivity index (χ2n) is 2.44. The summed E-state index contributed by atoms with van der Waals surface area (Å²) >= 11 is 3.34. The van der Waals surface area contributed by atoms with Crippen LogP contribution in [0.5, 0.6) is 5.75 Å². The summed E-state index contributed by atoms with van der Waals surface area (Å²) in [7, 11) is 1.57. The molecular formula is C7H7BrN4O. The highest BCUT2D eigenvalue weighted by Crippen LogP contribution is 2.28. The first-order chi connectivity index (χ1) is 6.22. The molecule has 6 heteroatoms. The molecular weight excluding hydrogens is 236 g/mol. The fourth-order valence-corrected chi connectivity index (χ4v) is 1.56. The highest BCUT2D eigenvalue weighted by molar-refractivity contribution is 9.10. The largest absolute Gasteiger partial charge is 0.492 e. The number of anilines is 1. The lowest BCUT2D eigenvalue weighted by Crippen LogP contribution is -1.92. The predicted octanol–water partition coefficient (Wildman–Crippen LogP) is 1.08. The van der Waals surface area contributed by atoms with E-state index >= 15 is 0 Å². The van der Waals surface area contributed by atoms with Crippen LogP contribution in [-0.4, -0.2) is 21.7 Å². The molecule has 0 atom stereocenters. The predicted molar refractivity (Wildman–Crippen MR) is 51.7 cm³/mol. The number of hydrogen-bond donors (Lipinski definition) is 1. The molecule has 0 spiro atoms. The fourth-order valence-electron chi connectivity index (χ4n) is 1.11. The van der Waals surface area contributed by atoms with Crippen molar-refractivity contribution in [1.29, 1.82) is 0 Å². The summed E-state index contributed by atoms with van der Waals surface area (Å²) in [5, 5.41) is 3.95. The Kier molecular flexibility index (Phi) is 1.84. The molecule has 2 aromatic heterocycles. The van der Waals surface area contributed by atoms with Crippen LogP contribution < -0.4 is 10.5 Å². The molecule has 2 rings (SSSR count). The number of aromatic nitrogens is 3. The van der Waals surface area contributed by atoms with Crippen molar-refractivity contribution in [3.63, 3.8) is 0 Å². The van der Waals surface area contributed by atoms with E-state index in [9.17, 15) is 0 Å². The smallest absolute Gasteiger partial charge is 0.240 e. The molecule has 0 radical (unpaired) electrons. The summed E-state index contributed by atoms with van der Waals surface area (Å²) < 4.78 is 7.54. The number of fused-ring (bicyclic) bond motifs is 1. The average molecular weight is 243 g/mol. The minimum Gasteiger partial charge on any atom is -0.492 e. The Morgan fingerprint density at radius 3 is 3.08 bits per heavy atom. The number of pyridine rings is 1. The third kappa shape index (κ3) is 1.23. The molecule has 0 amide bonds. The van der Waals surface area contributed by atoms with Gasteiger partial charge in [-0.3, -0.25) is 0 Å². The molecule has 68 valence electrons. The third-order valence-electron chi connectivity index (χ3n) is 1.63. The summed E-state index contributed by atoms with van der Waals surface area (Å²) in [6.07, 6.45) is 1.76. The van der Waals surface area contributed by atoms with Crippen LogP contribution in [0.3, 0.4) is 0 Å². The van der Waals surface area contributed by atoms with Gasteiger partial charge in [-0.1, -0.05) is 0 Å². The zero-order valence-corrected chi connectivity index (χ0v) is 8.45. The van der Waals surface area contributed by atoms with Gasteiger partial charge >= 0.3 is 0 Å². The van der Waals surface area contributed by atoms with Gasteiger partial charge in [0, 0.05) is 6.20 Å². The number of nitrogens with two attached hydrogens (primary N) is 1. The lowest BCUT2D eigenvalue weighted by molar-refractivity contribution is 0.414. The molecule has 0 fully saturated rings. The number of rotatable bonds is 1. The second kappa shape index (κ2) is 2.88. The first-order valence-electron chi connectivity index (χ1n) is 3.56. The molecule has 0 unspecified atom stereocenters. The molecule has 5 nitrogen and oxygen atoms in total. The minimum absolute atomic E-state index is 0.233. The van der Waals surface area contributed by atoms with Crippen LogP contribution in [0.2, 0.25) is 0 Å². The third-order valence-corrected chi connectivity index (χ3v) is 2.26. The van der Waals surface area contributed by atoms with Gasteiger partial charge in [0.2, 0.25) is 11.6 Å². The normalized spacial score (nSPS) is 10.6. The van der Waals surface area contributed by atoms with Crippen molar-refractivity contribution in [1.82, 2.24) is 14.6 Å². The molecule has 13 heavy (non-hydrogen) atoms. The number of nitrogen functional groups attached to an aromatic ring is 1. The molecule has 0 aliphatic carbocycles. The van der Waals surface area contributed by atoms with E-state index in [0.29, 0.717) is 11.4 Å². The van der Waals surface area contributed by atoms with Gasteiger partial charge in [0.15, 0.2) is 5.75 Å². The topological polar surface area (TPSA) is 65.4 Å². The van der Waals surface area contributed by atoms with Gasteiger partial charge in [-0.15, -0.1) is 5.10 Å². The maximum Gasteiger partial charge on any atom is 0.240 e. The van der Waals surface area contributed by atoms with Crippen molar-refractivity contribution in [2.45, 2.75) is 0 Å². The zero-order chi connectivity index (χ0) is 9.42. The molecule has 2 heterocycles. The highest BCUT2D eigenvalue weighted by atomic mass is 79.9. The van der Waals surface area contributed by atoms with E-state index in [0.717, 1.165) is 4.47 Å². The molecule has 0 aromatic carbocycles. The quantitative estimate of drug-likeness (QED) is 0.813. The number of nitrogens with zero attached hydrogens (tertiary/aromatic N) is 3. The molecule has 0 aliphatic heterocycles. The van der Waals surface area contributed by atoms with Crippen molar-refractivity contribution in [2.24, 2.45) is 0 Å². The Labute approximate surface area is 82.6 Å². The average Bonchev–Trinajstić information content (AvgIpc) is 2.45. The van der Waals surface area contributed by atoms with Crippen LogP contribution in [0.15, 0.2) is 16.7 Å².